The zero-order valence-corrected chi connectivity index (χ0v) is 27.1. The Morgan fingerprint density at radius 3 is 2.02 bits per heavy atom. The topological polar surface area (TPSA) is 110 Å². The zero-order chi connectivity index (χ0) is 32.5. The first-order valence-electron chi connectivity index (χ1n) is 14.5. The molecular weight excluding hydrogens is 631 g/mol. The number of benzene rings is 4. The summed E-state index contributed by atoms with van der Waals surface area (Å²) in [7, 11) is 6.68. The first kappa shape index (κ1) is 31.3. The number of urea groups is 1. The lowest BCUT2D eigenvalue weighted by molar-refractivity contribution is 0.212. The molecule has 2 aliphatic rings. The Labute approximate surface area is 276 Å². The molecule has 0 radical (unpaired) electrons. The summed E-state index contributed by atoms with van der Waals surface area (Å²) < 4.78 is 23.6. The highest BCUT2D eigenvalue weighted by atomic mass is 35.5. The second-order valence-corrected chi connectivity index (χ2v) is 11.7. The van der Waals surface area contributed by atoms with Crippen molar-refractivity contribution < 1.29 is 28.5 Å². The van der Waals surface area contributed by atoms with E-state index in [-0.39, 0.29) is 17.5 Å². The number of amides is 3. The Kier molecular flexibility index (Phi) is 8.86. The van der Waals surface area contributed by atoms with Crippen LogP contribution in [0.4, 0.5) is 26.7 Å². The van der Waals surface area contributed by atoms with Crippen LogP contribution in [0.1, 0.15) is 22.7 Å². The maximum absolute atomic E-state index is 13.4. The highest BCUT2D eigenvalue weighted by molar-refractivity contribution is 6.34. The Bertz CT molecular complexity index is 1850. The molecule has 0 unspecified atom stereocenters. The number of para-hydroxylation sites is 2. The first-order chi connectivity index (χ1) is 22.2. The molecule has 3 N–H and O–H groups in total. The van der Waals surface area contributed by atoms with Gasteiger partial charge in [0, 0.05) is 29.8 Å². The van der Waals surface area contributed by atoms with Crippen molar-refractivity contribution in [2.24, 2.45) is 0 Å². The normalized spacial score (nSPS) is 14.8. The molecule has 1 atom stereocenters. The fraction of sp³-hybridized carbons (Fsp3) is 0.235. The largest absolute Gasteiger partial charge is 0.493 e. The zero-order valence-electron chi connectivity index (χ0n) is 25.6. The van der Waals surface area contributed by atoms with E-state index in [1.54, 1.807) is 68.8 Å². The summed E-state index contributed by atoms with van der Waals surface area (Å²) in [6.07, 6.45) is 0.500. The van der Waals surface area contributed by atoms with E-state index in [0.717, 1.165) is 29.7 Å². The van der Waals surface area contributed by atoms with Crippen molar-refractivity contribution in [2.75, 3.05) is 50.9 Å². The standard InChI is InChI=1S/C34H32Cl2N4O6/c1-40-14-13-18-15-26(43-2)31(45-4)30-28(18)25(40)16-19-24(38-33(41)37-22-11-7-5-9-20(22)35)17-27(44-3)32(29(19)30)46-34(42)39-23-12-8-6-10-21(23)36/h5-12,15,17,25H,13-14,16H2,1-4H3,(H,39,42)(H2,37,38,41)/t25-/m0/s1. The van der Waals surface area contributed by atoms with E-state index in [1.807, 2.05) is 6.07 Å². The molecule has 0 saturated carbocycles. The average Bonchev–Trinajstić information content (AvgIpc) is 3.05. The third-order valence-electron chi connectivity index (χ3n) is 8.29. The highest BCUT2D eigenvalue weighted by Gasteiger charge is 2.40. The van der Waals surface area contributed by atoms with E-state index in [4.69, 9.17) is 42.1 Å². The number of ether oxygens (including phenoxy) is 4. The van der Waals surface area contributed by atoms with Crippen LogP contribution in [-0.4, -0.2) is 51.9 Å². The molecule has 0 spiro atoms. The Balaban J connectivity index is 1.54. The van der Waals surface area contributed by atoms with E-state index in [0.29, 0.717) is 56.2 Å². The van der Waals surface area contributed by atoms with Gasteiger partial charge in [0.1, 0.15) is 0 Å². The fourth-order valence-corrected chi connectivity index (χ4v) is 6.54. The summed E-state index contributed by atoms with van der Waals surface area (Å²) in [5.41, 5.74) is 5.40. The van der Waals surface area contributed by atoms with Crippen LogP contribution in [0.25, 0.3) is 11.1 Å². The van der Waals surface area contributed by atoms with Crippen LogP contribution in [0, 0.1) is 0 Å². The summed E-state index contributed by atoms with van der Waals surface area (Å²) >= 11 is 12.6. The van der Waals surface area contributed by atoms with Gasteiger partial charge in [0.15, 0.2) is 23.0 Å². The number of hydrogen-bond acceptors (Lipinski definition) is 7. The van der Waals surface area contributed by atoms with Gasteiger partial charge >= 0.3 is 12.1 Å². The average molecular weight is 664 g/mol. The van der Waals surface area contributed by atoms with Crippen molar-refractivity contribution in [1.82, 2.24) is 4.90 Å². The van der Waals surface area contributed by atoms with Crippen molar-refractivity contribution >= 4 is 52.4 Å². The lowest BCUT2D eigenvalue weighted by Crippen LogP contribution is -2.36. The molecule has 4 aromatic carbocycles. The van der Waals surface area contributed by atoms with Crippen molar-refractivity contribution in [3.8, 4) is 34.1 Å². The maximum atomic E-state index is 13.4. The molecule has 238 valence electrons. The first-order valence-corrected chi connectivity index (χ1v) is 15.3. The predicted molar refractivity (Wildman–Crippen MR) is 180 cm³/mol. The number of likely N-dealkylation sites (N-methyl/N-ethyl adjacent to an activating group) is 1. The summed E-state index contributed by atoms with van der Waals surface area (Å²) in [4.78, 5) is 29.1. The number of hydrogen-bond donors (Lipinski definition) is 3. The van der Waals surface area contributed by atoms with Gasteiger partial charge in [-0.25, -0.2) is 9.59 Å². The number of nitrogens with zero attached hydrogens (tertiary/aromatic N) is 1. The van der Waals surface area contributed by atoms with Gasteiger partial charge in [-0.15, -0.1) is 0 Å². The van der Waals surface area contributed by atoms with Gasteiger partial charge in [-0.05, 0) is 66.9 Å². The lowest BCUT2D eigenvalue weighted by Gasteiger charge is -2.41. The molecule has 1 aliphatic carbocycles. The van der Waals surface area contributed by atoms with Crippen LogP contribution in [0.5, 0.6) is 23.0 Å². The number of methoxy groups -OCH3 is 3. The molecule has 0 bridgehead atoms. The van der Waals surface area contributed by atoms with E-state index in [9.17, 15) is 9.59 Å². The molecule has 1 aliphatic heterocycles. The van der Waals surface area contributed by atoms with Gasteiger partial charge in [0.25, 0.3) is 0 Å². The number of rotatable bonds is 7. The summed E-state index contributed by atoms with van der Waals surface area (Å²) in [6.45, 7) is 0.817. The molecule has 0 saturated heterocycles. The molecular formula is C34H32Cl2N4O6. The smallest absolute Gasteiger partial charge is 0.417 e. The van der Waals surface area contributed by atoms with E-state index in [1.165, 1.54) is 7.11 Å². The van der Waals surface area contributed by atoms with E-state index >= 15 is 0 Å². The highest BCUT2D eigenvalue weighted by Crippen LogP contribution is 2.58. The quantitative estimate of drug-likeness (QED) is 0.184. The summed E-state index contributed by atoms with van der Waals surface area (Å²) in [5.74, 6) is 1.37. The van der Waals surface area contributed by atoms with Crippen molar-refractivity contribution in [3.05, 3.63) is 87.4 Å². The van der Waals surface area contributed by atoms with Crippen molar-refractivity contribution in [3.63, 3.8) is 0 Å². The van der Waals surface area contributed by atoms with Gasteiger partial charge in [0.05, 0.1) is 48.4 Å². The number of carbonyl (C=O) groups is 2. The molecule has 0 fully saturated rings. The third kappa shape index (κ3) is 5.75. The number of halogens is 2. The van der Waals surface area contributed by atoms with Crippen LogP contribution in [0.15, 0.2) is 60.7 Å². The minimum atomic E-state index is -0.777. The molecule has 10 nitrogen and oxygen atoms in total. The number of nitrogens with one attached hydrogen (secondary N) is 3. The molecule has 3 amide bonds. The van der Waals surface area contributed by atoms with Crippen LogP contribution >= 0.6 is 23.2 Å². The number of fused-ring (bicyclic) bond motifs is 2. The fourth-order valence-electron chi connectivity index (χ4n) is 6.17. The minimum Gasteiger partial charge on any atom is -0.493 e. The van der Waals surface area contributed by atoms with Crippen LogP contribution in [0.2, 0.25) is 10.0 Å². The second kappa shape index (κ2) is 13.0. The molecule has 1 heterocycles. The molecule has 4 aromatic rings. The van der Waals surface area contributed by atoms with Crippen LogP contribution in [0.3, 0.4) is 0 Å². The number of anilines is 3. The monoisotopic (exact) mass is 662 g/mol. The van der Waals surface area contributed by atoms with Crippen molar-refractivity contribution in [2.45, 2.75) is 18.9 Å². The lowest BCUT2D eigenvalue weighted by atomic mass is 9.75. The third-order valence-corrected chi connectivity index (χ3v) is 8.95. The van der Waals surface area contributed by atoms with Gasteiger partial charge in [-0.1, -0.05) is 47.5 Å². The van der Waals surface area contributed by atoms with Gasteiger partial charge in [-0.2, -0.15) is 0 Å². The van der Waals surface area contributed by atoms with Gasteiger partial charge in [0.2, 0.25) is 0 Å². The van der Waals surface area contributed by atoms with E-state index < -0.39 is 12.1 Å². The Morgan fingerprint density at radius 2 is 1.39 bits per heavy atom. The predicted octanol–water partition coefficient (Wildman–Crippen LogP) is 8.03. The van der Waals surface area contributed by atoms with Gasteiger partial charge in [-0.3, -0.25) is 10.2 Å². The Morgan fingerprint density at radius 1 is 0.783 bits per heavy atom. The minimum absolute atomic E-state index is 0.0589. The molecule has 0 aromatic heterocycles. The summed E-state index contributed by atoms with van der Waals surface area (Å²) in [5, 5.41) is 9.26. The summed E-state index contributed by atoms with van der Waals surface area (Å²) in [6, 6.07) is 16.9. The van der Waals surface area contributed by atoms with E-state index in [2.05, 4.69) is 27.9 Å². The van der Waals surface area contributed by atoms with Crippen molar-refractivity contribution in [1.29, 1.82) is 0 Å². The van der Waals surface area contributed by atoms with Crippen LogP contribution < -0.4 is 34.9 Å². The SMILES string of the molecule is COc1cc(NC(=O)Nc2ccccc2Cl)c2c(c1OC(=O)Nc1ccccc1Cl)-c1c(OC)c(OC)cc3c1[C@H](C2)N(C)CC3. The number of carbonyl (C=O) groups excluding carboxylic acids is 2. The molecule has 12 heteroatoms. The Hall–Kier alpha value is -4.64. The molecule has 46 heavy (non-hydrogen) atoms. The van der Waals surface area contributed by atoms with Crippen LogP contribution in [-0.2, 0) is 12.8 Å². The molecule has 6 rings (SSSR count). The maximum Gasteiger partial charge on any atom is 0.417 e. The second-order valence-electron chi connectivity index (χ2n) is 10.9. The van der Waals surface area contributed by atoms with Gasteiger partial charge < -0.3 is 29.6 Å².